The molecule has 1 saturated heterocycles. The number of rotatable bonds is 5. The van der Waals surface area contributed by atoms with Gasteiger partial charge in [-0.05, 0) is 31.2 Å². The molecule has 0 aromatic heterocycles. The van der Waals surface area contributed by atoms with Crippen LogP contribution >= 0.6 is 0 Å². The monoisotopic (exact) mass is 287 g/mol. The molecule has 1 unspecified atom stereocenters. The first-order chi connectivity index (χ1) is 10.2. The lowest BCUT2D eigenvalue weighted by molar-refractivity contribution is -0.137. The zero-order chi connectivity index (χ0) is 15.1. The summed E-state index contributed by atoms with van der Waals surface area (Å²) < 4.78 is 5.03. The summed E-state index contributed by atoms with van der Waals surface area (Å²) in [5.74, 6) is 0.273. The minimum atomic E-state index is -0.192. The van der Waals surface area contributed by atoms with E-state index in [1.807, 2.05) is 6.92 Å². The van der Waals surface area contributed by atoms with Crippen molar-refractivity contribution in [2.45, 2.75) is 33.2 Å². The molecule has 0 N–H and O–H groups in total. The van der Waals surface area contributed by atoms with Gasteiger partial charge in [0.25, 0.3) is 0 Å². The summed E-state index contributed by atoms with van der Waals surface area (Å²) in [6.07, 6.45) is 3.75. The topological polar surface area (TPSA) is 29.5 Å². The van der Waals surface area contributed by atoms with Crippen LogP contribution in [0.2, 0.25) is 0 Å². The van der Waals surface area contributed by atoms with Crippen molar-refractivity contribution in [3.05, 3.63) is 47.5 Å². The summed E-state index contributed by atoms with van der Waals surface area (Å²) in [5.41, 5.74) is 2.60. The van der Waals surface area contributed by atoms with Crippen LogP contribution in [0.3, 0.4) is 0 Å². The van der Waals surface area contributed by atoms with Crippen molar-refractivity contribution in [1.82, 2.24) is 4.90 Å². The molecule has 1 aromatic rings. The van der Waals surface area contributed by atoms with Gasteiger partial charge in [-0.25, -0.2) is 4.79 Å². The van der Waals surface area contributed by atoms with E-state index in [0.29, 0.717) is 12.5 Å². The van der Waals surface area contributed by atoms with Crippen LogP contribution in [0.1, 0.15) is 32.3 Å². The molecular weight excluding hydrogens is 262 g/mol. The smallest absolute Gasteiger partial charge is 0.330 e. The Morgan fingerprint density at radius 3 is 2.76 bits per heavy atom. The van der Waals surface area contributed by atoms with Crippen molar-refractivity contribution in [1.29, 1.82) is 0 Å². The molecule has 2 rings (SSSR count). The minimum absolute atomic E-state index is 0.192. The standard InChI is InChI=1S/C18H25NO2/c1-3-16-14-19(13-15-8-6-5-7-9-15)11-10-17(16)12-18(20)21-4-2/h5-9,12,16H,3-4,10-11,13-14H2,1-2H3/b17-12+. The molecule has 21 heavy (non-hydrogen) atoms. The molecule has 1 fully saturated rings. The molecule has 0 spiro atoms. The molecule has 1 aliphatic rings. The maximum absolute atomic E-state index is 11.6. The number of hydrogen-bond donors (Lipinski definition) is 0. The summed E-state index contributed by atoms with van der Waals surface area (Å²) in [6, 6.07) is 10.6. The minimum Gasteiger partial charge on any atom is -0.463 e. The average molecular weight is 287 g/mol. The zero-order valence-corrected chi connectivity index (χ0v) is 13.0. The lowest BCUT2D eigenvalue weighted by atomic mass is 9.89. The molecule has 0 bridgehead atoms. The van der Waals surface area contributed by atoms with E-state index in [-0.39, 0.29) is 5.97 Å². The summed E-state index contributed by atoms with van der Waals surface area (Å²) in [6.45, 7) is 7.50. The summed E-state index contributed by atoms with van der Waals surface area (Å²) in [4.78, 5) is 14.1. The van der Waals surface area contributed by atoms with Gasteiger partial charge in [0, 0.05) is 25.7 Å². The van der Waals surface area contributed by atoms with Crippen LogP contribution in [0.5, 0.6) is 0 Å². The fourth-order valence-corrected chi connectivity index (χ4v) is 2.91. The van der Waals surface area contributed by atoms with Crippen molar-refractivity contribution in [2.24, 2.45) is 5.92 Å². The molecule has 1 aliphatic heterocycles. The maximum atomic E-state index is 11.6. The largest absolute Gasteiger partial charge is 0.463 e. The van der Waals surface area contributed by atoms with Crippen molar-refractivity contribution in [3.63, 3.8) is 0 Å². The van der Waals surface area contributed by atoms with Crippen LogP contribution in [-0.2, 0) is 16.1 Å². The van der Waals surface area contributed by atoms with Gasteiger partial charge in [0.05, 0.1) is 6.61 Å². The van der Waals surface area contributed by atoms with Crippen molar-refractivity contribution < 1.29 is 9.53 Å². The van der Waals surface area contributed by atoms with E-state index in [2.05, 4.69) is 42.2 Å². The number of carbonyl (C=O) groups excluding carboxylic acids is 1. The number of likely N-dealkylation sites (tertiary alicyclic amines) is 1. The Morgan fingerprint density at radius 2 is 2.10 bits per heavy atom. The Hall–Kier alpha value is -1.61. The van der Waals surface area contributed by atoms with Gasteiger partial charge in [-0.1, -0.05) is 42.8 Å². The third-order valence-corrected chi connectivity index (χ3v) is 4.05. The van der Waals surface area contributed by atoms with E-state index in [1.165, 1.54) is 11.1 Å². The van der Waals surface area contributed by atoms with E-state index in [0.717, 1.165) is 32.5 Å². The molecular formula is C18H25NO2. The number of esters is 1. The molecule has 1 heterocycles. The van der Waals surface area contributed by atoms with Crippen molar-refractivity contribution in [3.8, 4) is 0 Å². The first-order valence-corrected chi connectivity index (χ1v) is 7.86. The molecule has 0 amide bonds. The van der Waals surface area contributed by atoms with Gasteiger partial charge in [-0.3, -0.25) is 4.90 Å². The normalized spacial score (nSPS) is 21.4. The highest BCUT2D eigenvalue weighted by Crippen LogP contribution is 2.26. The van der Waals surface area contributed by atoms with E-state index in [9.17, 15) is 4.79 Å². The van der Waals surface area contributed by atoms with E-state index >= 15 is 0 Å². The third-order valence-electron chi connectivity index (χ3n) is 4.05. The van der Waals surface area contributed by atoms with Gasteiger partial charge in [0.15, 0.2) is 0 Å². The van der Waals surface area contributed by atoms with Crippen LogP contribution in [0.15, 0.2) is 42.0 Å². The summed E-state index contributed by atoms with van der Waals surface area (Å²) in [5, 5.41) is 0. The molecule has 3 nitrogen and oxygen atoms in total. The third kappa shape index (κ3) is 4.71. The van der Waals surface area contributed by atoms with Crippen LogP contribution in [0.4, 0.5) is 0 Å². The lowest BCUT2D eigenvalue weighted by Gasteiger charge is -2.34. The lowest BCUT2D eigenvalue weighted by Crippen LogP contribution is -2.36. The second kappa shape index (κ2) is 7.99. The second-order valence-corrected chi connectivity index (χ2v) is 5.55. The zero-order valence-electron chi connectivity index (χ0n) is 13.0. The van der Waals surface area contributed by atoms with Crippen molar-refractivity contribution in [2.75, 3.05) is 19.7 Å². The van der Waals surface area contributed by atoms with Gasteiger partial charge in [0.1, 0.15) is 0 Å². The highest BCUT2D eigenvalue weighted by atomic mass is 16.5. The van der Waals surface area contributed by atoms with Gasteiger partial charge in [-0.2, -0.15) is 0 Å². The number of ether oxygens (including phenoxy) is 1. The predicted octanol–water partition coefficient (Wildman–Crippen LogP) is 3.41. The molecule has 1 aromatic carbocycles. The van der Waals surface area contributed by atoms with Crippen LogP contribution in [0.25, 0.3) is 0 Å². The Bertz CT molecular complexity index is 481. The van der Waals surface area contributed by atoms with E-state index in [1.54, 1.807) is 6.08 Å². The molecule has 1 atom stereocenters. The Balaban J connectivity index is 1.96. The number of nitrogens with zero attached hydrogens (tertiary/aromatic N) is 1. The average Bonchev–Trinajstić information content (AvgIpc) is 2.50. The predicted molar refractivity (Wildman–Crippen MR) is 84.8 cm³/mol. The first-order valence-electron chi connectivity index (χ1n) is 7.86. The molecule has 0 radical (unpaired) electrons. The van der Waals surface area contributed by atoms with Crippen molar-refractivity contribution >= 4 is 5.97 Å². The van der Waals surface area contributed by atoms with Crippen LogP contribution in [-0.4, -0.2) is 30.6 Å². The van der Waals surface area contributed by atoms with Gasteiger partial charge in [-0.15, -0.1) is 0 Å². The number of carbonyl (C=O) groups is 1. The van der Waals surface area contributed by atoms with E-state index in [4.69, 9.17) is 4.74 Å². The first kappa shape index (κ1) is 15.8. The molecule has 0 saturated carbocycles. The maximum Gasteiger partial charge on any atom is 0.330 e. The highest BCUT2D eigenvalue weighted by Gasteiger charge is 2.23. The van der Waals surface area contributed by atoms with Gasteiger partial charge in [0.2, 0.25) is 0 Å². The Labute approximate surface area is 127 Å². The van der Waals surface area contributed by atoms with Gasteiger partial charge < -0.3 is 4.74 Å². The number of hydrogen-bond acceptors (Lipinski definition) is 3. The molecule has 0 aliphatic carbocycles. The summed E-state index contributed by atoms with van der Waals surface area (Å²) >= 11 is 0. The highest BCUT2D eigenvalue weighted by molar-refractivity contribution is 5.82. The SMILES string of the molecule is CCOC(=O)/C=C1\CCN(Cc2ccccc2)CC1CC. The fourth-order valence-electron chi connectivity index (χ4n) is 2.91. The fraction of sp³-hybridized carbons (Fsp3) is 0.500. The number of benzene rings is 1. The quantitative estimate of drug-likeness (QED) is 0.614. The number of piperidine rings is 1. The Morgan fingerprint density at radius 1 is 1.33 bits per heavy atom. The Kier molecular flexibility index (Phi) is 6.00. The van der Waals surface area contributed by atoms with E-state index < -0.39 is 0 Å². The summed E-state index contributed by atoms with van der Waals surface area (Å²) in [7, 11) is 0. The van der Waals surface area contributed by atoms with Crippen LogP contribution in [0, 0.1) is 5.92 Å². The van der Waals surface area contributed by atoms with Crippen LogP contribution < -0.4 is 0 Å². The molecule has 114 valence electrons. The second-order valence-electron chi connectivity index (χ2n) is 5.55. The molecule has 3 heteroatoms. The van der Waals surface area contributed by atoms with Gasteiger partial charge >= 0.3 is 5.97 Å².